The maximum Gasteiger partial charge on any atom is 0.193 e. The van der Waals surface area contributed by atoms with Crippen molar-refractivity contribution in [3.8, 4) is 0 Å². The van der Waals surface area contributed by atoms with Gasteiger partial charge in [-0.15, -0.1) is 0 Å². The van der Waals surface area contributed by atoms with Crippen molar-refractivity contribution in [2.75, 3.05) is 44.7 Å². The van der Waals surface area contributed by atoms with Crippen LogP contribution in [0.25, 0.3) is 0 Å². The largest absolute Gasteiger partial charge is 0.368 e. The van der Waals surface area contributed by atoms with E-state index in [-0.39, 0.29) is 0 Å². The lowest BCUT2D eigenvalue weighted by atomic mass is 10.1. The molecule has 4 nitrogen and oxygen atoms in total. The van der Waals surface area contributed by atoms with Crippen LogP contribution in [-0.2, 0) is 0 Å². The molecule has 0 amide bonds. The van der Waals surface area contributed by atoms with Crippen molar-refractivity contribution in [3.05, 3.63) is 29.3 Å². The van der Waals surface area contributed by atoms with Crippen molar-refractivity contribution in [1.29, 1.82) is 0 Å². The van der Waals surface area contributed by atoms with Gasteiger partial charge in [0.05, 0.1) is 0 Å². The van der Waals surface area contributed by atoms with Gasteiger partial charge in [-0.2, -0.15) is 0 Å². The minimum absolute atomic E-state index is 0.990. The van der Waals surface area contributed by atoms with Gasteiger partial charge in [-0.1, -0.05) is 19.1 Å². The molecule has 0 aromatic heterocycles. The summed E-state index contributed by atoms with van der Waals surface area (Å²) in [4.78, 5) is 9.24. The zero-order chi connectivity index (χ0) is 15.2. The number of aryl methyl sites for hydroxylation is 1. The number of rotatable bonds is 3. The second-order valence-corrected chi connectivity index (χ2v) is 5.67. The summed E-state index contributed by atoms with van der Waals surface area (Å²) in [6.07, 6.45) is 1.13. The molecule has 1 aromatic carbocycles. The van der Waals surface area contributed by atoms with Crippen molar-refractivity contribution in [3.63, 3.8) is 0 Å². The van der Waals surface area contributed by atoms with Crippen molar-refractivity contribution >= 4 is 11.6 Å². The van der Waals surface area contributed by atoms with Crippen LogP contribution in [0.15, 0.2) is 23.2 Å². The van der Waals surface area contributed by atoms with Gasteiger partial charge < -0.3 is 15.1 Å². The van der Waals surface area contributed by atoms with Gasteiger partial charge in [0.15, 0.2) is 5.96 Å². The summed E-state index contributed by atoms with van der Waals surface area (Å²) in [6.45, 7) is 11.7. The fraction of sp³-hybridized carbons (Fsp3) is 0.588. The third kappa shape index (κ3) is 3.69. The summed E-state index contributed by atoms with van der Waals surface area (Å²) in [7, 11) is 1.87. The standard InChI is InChI=1S/C17H28N4/c1-5-9-19-17(18-4)21-12-10-20(11-13-21)16-8-6-7-14(2)15(16)3/h6-8H,5,9-13H2,1-4H3,(H,18,19). The van der Waals surface area contributed by atoms with E-state index in [0.717, 1.165) is 45.1 Å². The minimum Gasteiger partial charge on any atom is -0.368 e. The average Bonchev–Trinajstić information content (AvgIpc) is 2.51. The van der Waals surface area contributed by atoms with Gasteiger partial charge in [0.2, 0.25) is 0 Å². The highest BCUT2D eigenvalue weighted by Crippen LogP contribution is 2.23. The fourth-order valence-electron chi connectivity index (χ4n) is 2.81. The maximum absolute atomic E-state index is 4.39. The van der Waals surface area contributed by atoms with E-state index in [1.165, 1.54) is 16.8 Å². The molecule has 1 N–H and O–H groups in total. The molecule has 0 unspecified atom stereocenters. The van der Waals surface area contributed by atoms with Crippen LogP contribution in [0.1, 0.15) is 24.5 Å². The third-order valence-electron chi connectivity index (χ3n) is 4.24. The smallest absolute Gasteiger partial charge is 0.193 e. The monoisotopic (exact) mass is 288 g/mol. The van der Waals surface area contributed by atoms with Crippen molar-refractivity contribution in [2.45, 2.75) is 27.2 Å². The molecule has 1 fully saturated rings. The van der Waals surface area contributed by atoms with Crippen molar-refractivity contribution in [2.24, 2.45) is 4.99 Å². The number of anilines is 1. The average molecular weight is 288 g/mol. The minimum atomic E-state index is 0.990. The van der Waals surface area contributed by atoms with Crippen LogP contribution in [-0.4, -0.2) is 50.6 Å². The van der Waals surface area contributed by atoms with Crippen LogP contribution in [0.3, 0.4) is 0 Å². The lowest BCUT2D eigenvalue weighted by Crippen LogP contribution is -2.52. The van der Waals surface area contributed by atoms with E-state index >= 15 is 0 Å². The van der Waals surface area contributed by atoms with E-state index in [2.05, 4.69) is 59.1 Å². The molecule has 0 bridgehead atoms. The first-order valence-electron chi connectivity index (χ1n) is 7.94. The molecule has 4 heteroatoms. The predicted octanol–water partition coefficient (Wildman–Crippen LogP) is 2.41. The Hall–Kier alpha value is -1.71. The number of guanidine groups is 1. The summed E-state index contributed by atoms with van der Waals surface area (Å²) in [5.41, 5.74) is 4.15. The van der Waals surface area contributed by atoms with Gasteiger partial charge in [-0.05, 0) is 37.5 Å². The summed E-state index contributed by atoms with van der Waals surface area (Å²) in [5, 5.41) is 3.42. The Kier molecular flexibility index (Phi) is 5.48. The topological polar surface area (TPSA) is 30.9 Å². The number of benzene rings is 1. The first-order valence-corrected chi connectivity index (χ1v) is 7.94. The highest BCUT2D eigenvalue weighted by molar-refractivity contribution is 5.80. The Morgan fingerprint density at radius 1 is 1.19 bits per heavy atom. The van der Waals surface area contributed by atoms with Crippen LogP contribution in [0.2, 0.25) is 0 Å². The zero-order valence-electron chi connectivity index (χ0n) is 13.8. The fourth-order valence-corrected chi connectivity index (χ4v) is 2.81. The lowest BCUT2D eigenvalue weighted by molar-refractivity contribution is 0.372. The van der Waals surface area contributed by atoms with Crippen LogP contribution in [0, 0.1) is 13.8 Å². The van der Waals surface area contributed by atoms with Crippen LogP contribution in [0.5, 0.6) is 0 Å². The molecule has 116 valence electrons. The van der Waals surface area contributed by atoms with Crippen molar-refractivity contribution in [1.82, 2.24) is 10.2 Å². The Labute approximate surface area is 128 Å². The van der Waals surface area contributed by atoms with Gasteiger partial charge in [0, 0.05) is 45.5 Å². The summed E-state index contributed by atoms with van der Waals surface area (Å²) in [5.74, 6) is 1.04. The molecule has 21 heavy (non-hydrogen) atoms. The molecule has 1 saturated heterocycles. The molecule has 0 saturated carbocycles. The predicted molar refractivity (Wildman–Crippen MR) is 91.4 cm³/mol. The van der Waals surface area contributed by atoms with E-state index in [1.54, 1.807) is 0 Å². The van der Waals surface area contributed by atoms with Crippen LogP contribution < -0.4 is 10.2 Å². The SMILES string of the molecule is CCCNC(=NC)N1CCN(c2cccc(C)c2C)CC1. The van der Waals surface area contributed by atoms with E-state index in [4.69, 9.17) is 0 Å². The highest BCUT2D eigenvalue weighted by Gasteiger charge is 2.20. The Balaban J connectivity index is 1.98. The first-order chi connectivity index (χ1) is 10.2. The summed E-state index contributed by atoms with van der Waals surface area (Å²) in [6, 6.07) is 6.58. The molecule has 1 aliphatic rings. The van der Waals surface area contributed by atoms with Crippen molar-refractivity contribution < 1.29 is 0 Å². The lowest BCUT2D eigenvalue weighted by Gasteiger charge is -2.38. The summed E-state index contributed by atoms with van der Waals surface area (Å²) >= 11 is 0. The highest BCUT2D eigenvalue weighted by atomic mass is 15.3. The maximum atomic E-state index is 4.39. The molecule has 1 aliphatic heterocycles. The molecular weight excluding hydrogens is 260 g/mol. The third-order valence-corrected chi connectivity index (χ3v) is 4.24. The quantitative estimate of drug-likeness (QED) is 0.684. The zero-order valence-corrected chi connectivity index (χ0v) is 13.8. The molecular formula is C17H28N4. The number of nitrogens with zero attached hydrogens (tertiary/aromatic N) is 3. The molecule has 1 aromatic rings. The van der Waals surface area contributed by atoms with Gasteiger partial charge in [0.1, 0.15) is 0 Å². The summed E-state index contributed by atoms with van der Waals surface area (Å²) < 4.78 is 0. The molecule has 0 aliphatic carbocycles. The van der Waals surface area contributed by atoms with E-state index in [9.17, 15) is 0 Å². The van der Waals surface area contributed by atoms with Crippen LogP contribution >= 0.6 is 0 Å². The van der Waals surface area contributed by atoms with E-state index < -0.39 is 0 Å². The van der Waals surface area contributed by atoms with Gasteiger partial charge in [0.25, 0.3) is 0 Å². The Morgan fingerprint density at radius 3 is 2.52 bits per heavy atom. The molecule has 0 spiro atoms. The normalized spacial score (nSPS) is 16.3. The first kappa shape index (κ1) is 15.7. The number of nitrogens with one attached hydrogen (secondary N) is 1. The number of piperazine rings is 1. The van der Waals surface area contributed by atoms with E-state index in [1.807, 2.05) is 7.05 Å². The van der Waals surface area contributed by atoms with Gasteiger partial charge in [-0.25, -0.2) is 0 Å². The molecule has 0 radical (unpaired) electrons. The second-order valence-electron chi connectivity index (χ2n) is 5.67. The molecule has 2 rings (SSSR count). The number of hydrogen-bond acceptors (Lipinski definition) is 2. The second kappa shape index (κ2) is 7.34. The van der Waals surface area contributed by atoms with Gasteiger partial charge in [-0.3, -0.25) is 4.99 Å². The number of aliphatic imine (C=N–C) groups is 1. The van der Waals surface area contributed by atoms with E-state index in [0.29, 0.717) is 0 Å². The molecule has 1 heterocycles. The Bertz CT molecular complexity index is 488. The Morgan fingerprint density at radius 2 is 1.90 bits per heavy atom. The number of hydrogen-bond donors (Lipinski definition) is 1. The molecule has 0 atom stereocenters. The van der Waals surface area contributed by atoms with Gasteiger partial charge >= 0.3 is 0 Å². The van der Waals surface area contributed by atoms with Crippen LogP contribution in [0.4, 0.5) is 5.69 Å².